The topological polar surface area (TPSA) is 111 Å². The molecule has 0 fully saturated rings. The lowest BCUT2D eigenvalue weighted by Crippen LogP contribution is -2.23. The summed E-state index contributed by atoms with van der Waals surface area (Å²) in [5.74, 6) is 0.629. The number of halogens is 1. The molecule has 9 nitrogen and oxygen atoms in total. The number of benzene rings is 1. The zero-order valence-corrected chi connectivity index (χ0v) is 16.1. The zero-order valence-electron chi connectivity index (χ0n) is 15.3. The van der Waals surface area contributed by atoms with E-state index in [1.54, 1.807) is 48.4 Å². The van der Waals surface area contributed by atoms with Crippen LogP contribution in [0.4, 0.5) is 11.8 Å². The van der Waals surface area contributed by atoms with Crippen molar-refractivity contribution in [1.82, 2.24) is 30.0 Å². The maximum atomic E-state index is 12.3. The molecule has 4 rings (SSSR count). The molecule has 3 heterocycles. The first-order chi connectivity index (χ1) is 14.1. The summed E-state index contributed by atoms with van der Waals surface area (Å²) in [7, 11) is 1.80. The molecule has 3 aromatic heterocycles. The SMILES string of the molecule is Cn1nccc1Nc1nccc(-c2coc(C(=O)NCc3cccc(Cl)c3)n2)n1. The highest BCUT2D eigenvalue weighted by Crippen LogP contribution is 2.19. The molecule has 0 radical (unpaired) electrons. The summed E-state index contributed by atoms with van der Waals surface area (Å²) in [4.78, 5) is 25.1. The van der Waals surface area contributed by atoms with E-state index in [9.17, 15) is 4.79 Å². The van der Waals surface area contributed by atoms with Crippen molar-refractivity contribution >= 4 is 29.3 Å². The van der Waals surface area contributed by atoms with Crippen LogP contribution in [0.25, 0.3) is 11.4 Å². The third-order valence-electron chi connectivity index (χ3n) is 4.02. The maximum absolute atomic E-state index is 12.3. The Morgan fingerprint density at radius 1 is 1.17 bits per heavy atom. The maximum Gasteiger partial charge on any atom is 0.307 e. The van der Waals surface area contributed by atoms with E-state index >= 15 is 0 Å². The van der Waals surface area contributed by atoms with Crippen molar-refractivity contribution in [3.8, 4) is 11.4 Å². The molecule has 29 heavy (non-hydrogen) atoms. The highest BCUT2D eigenvalue weighted by molar-refractivity contribution is 6.30. The number of amides is 1. The summed E-state index contributed by atoms with van der Waals surface area (Å²) in [6, 6.07) is 10.7. The molecule has 0 aliphatic heterocycles. The van der Waals surface area contributed by atoms with E-state index in [0.29, 0.717) is 28.9 Å². The minimum absolute atomic E-state index is 0.0539. The van der Waals surface area contributed by atoms with Gasteiger partial charge in [-0.1, -0.05) is 23.7 Å². The van der Waals surface area contributed by atoms with E-state index in [-0.39, 0.29) is 5.89 Å². The predicted octanol–water partition coefficient (Wildman–Crippen LogP) is 3.19. The zero-order chi connectivity index (χ0) is 20.2. The van der Waals surface area contributed by atoms with Crippen molar-refractivity contribution in [2.75, 3.05) is 5.32 Å². The Hall–Kier alpha value is -3.72. The van der Waals surface area contributed by atoms with Crippen molar-refractivity contribution in [2.45, 2.75) is 6.54 Å². The van der Waals surface area contributed by atoms with E-state index in [1.807, 2.05) is 12.1 Å². The number of carbonyl (C=O) groups excluding carboxylic acids is 1. The fraction of sp³-hybridized carbons (Fsp3) is 0.105. The standard InChI is InChI=1S/C19H16ClN7O2/c1-27-16(6-8-23-27)26-19-21-7-5-14(25-19)15-11-29-18(24-15)17(28)22-10-12-3-2-4-13(20)9-12/h2-9,11H,10H2,1H3,(H,22,28)(H,21,25,26). The molecule has 0 aliphatic rings. The third-order valence-corrected chi connectivity index (χ3v) is 4.25. The fourth-order valence-corrected chi connectivity index (χ4v) is 2.79. The Bertz CT molecular complexity index is 1150. The number of aryl methyl sites for hydroxylation is 1. The van der Waals surface area contributed by atoms with Gasteiger partial charge in [-0.2, -0.15) is 5.10 Å². The van der Waals surface area contributed by atoms with Crippen molar-refractivity contribution in [2.24, 2.45) is 7.05 Å². The number of carbonyl (C=O) groups is 1. The molecule has 146 valence electrons. The molecule has 1 aromatic carbocycles. The first kappa shape index (κ1) is 18.6. The summed E-state index contributed by atoms with van der Waals surface area (Å²) in [6.45, 7) is 0.309. The molecule has 0 unspecified atom stereocenters. The Kier molecular flexibility index (Phi) is 5.21. The van der Waals surface area contributed by atoms with E-state index in [4.69, 9.17) is 16.0 Å². The summed E-state index contributed by atoms with van der Waals surface area (Å²) in [5, 5.41) is 10.5. The van der Waals surface area contributed by atoms with Gasteiger partial charge in [0, 0.05) is 30.9 Å². The van der Waals surface area contributed by atoms with Gasteiger partial charge in [-0.3, -0.25) is 9.48 Å². The molecule has 0 bridgehead atoms. The molecule has 0 atom stereocenters. The minimum Gasteiger partial charge on any atom is -0.440 e. The molecule has 1 amide bonds. The second-order valence-electron chi connectivity index (χ2n) is 6.08. The number of anilines is 2. The molecule has 2 N–H and O–H groups in total. The molecule has 10 heteroatoms. The van der Waals surface area contributed by atoms with Gasteiger partial charge in [-0.15, -0.1) is 0 Å². The quantitative estimate of drug-likeness (QED) is 0.503. The van der Waals surface area contributed by atoms with Crippen LogP contribution >= 0.6 is 11.6 Å². The van der Waals surface area contributed by atoms with Crippen molar-refractivity contribution < 1.29 is 9.21 Å². The van der Waals surface area contributed by atoms with Crippen LogP contribution in [0.15, 0.2) is 59.5 Å². The van der Waals surface area contributed by atoms with E-state index < -0.39 is 5.91 Å². The molecule has 0 saturated heterocycles. The van der Waals surface area contributed by atoms with E-state index in [2.05, 4.69) is 30.7 Å². The number of nitrogens with one attached hydrogen (secondary N) is 2. The highest BCUT2D eigenvalue weighted by atomic mass is 35.5. The minimum atomic E-state index is -0.432. The number of aromatic nitrogens is 5. The monoisotopic (exact) mass is 409 g/mol. The number of rotatable bonds is 6. The van der Waals surface area contributed by atoms with Crippen LogP contribution in [0, 0.1) is 0 Å². The van der Waals surface area contributed by atoms with Gasteiger partial charge in [0.1, 0.15) is 17.8 Å². The first-order valence-corrected chi connectivity index (χ1v) is 9.03. The van der Waals surface area contributed by atoms with Crippen LogP contribution in [-0.2, 0) is 13.6 Å². The normalized spacial score (nSPS) is 10.7. The number of hydrogen-bond acceptors (Lipinski definition) is 7. The Labute approximate surface area is 170 Å². The fourth-order valence-electron chi connectivity index (χ4n) is 2.57. The summed E-state index contributed by atoms with van der Waals surface area (Å²) in [5.41, 5.74) is 1.81. The average molecular weight is 410 g/mol. The summed E-state index contributed by atoms with van der Waals surface area (Å²) in [6.07, 6.45) is 4.64. The largest absolute Gasteiger partial charge is 0.440 e. The van der Waals surface area contributed by atoms with Crippen LogP contribution in [0.2, 0.25) is 5.02 Å². The van der Waals surface area contributed by atoms with Crippen LogP contribution in [-0.4, -0.2) is 30.6 Å². The molecule has 0 spiro atoms. The highest BCUT2D eigenvalue weighted by Gasteiger charge is 2.15. The molecular weight excluding hydrogens is 394 g/mol. The van der Waals surface area contributed by atoms with Crippen LogP contribution in [0.3, 0.4) is 0 Å². The van der Waals surface area contributed by atoms with Crippen LogP contribution in [0.1, 0.15) is 16.2 Å². The predicted molar refractivity (Wildman–Crippen MR) is 107 cm³/mol. The van der Waals surface area contributed by atoms with Gasteiger partial charge in [0.05, 0.1) is 11.9 Å². The lowest BCUT2D eigenvalue weighted by molar-refractivity contribution is 0.0916. The van der Waals surface area contributed by atoms with E-state index in [0.717, 1.165) is 11.4 Å². The van der Waals surface area contributed by atoms with Gasteiger partial charge in [0.2, 0.25) is 5.95 Å². The molecular formula is C19H16ClN7O2. The van der Waals surface area contributed by atoms with Gasteiger partial charge in [-0.25, -0.2) is 15.0 Å². The van der Waals surface area contributed by atoms with Crippen molar-refractivity contribution in [1.29, 1.82) is 0 Å². The molecule has 0 saturated carbocycles. The smallest absolute Gasteiger partial charge is 0.307 e. The molecule has 0 aliphatic carbocycles. The van der Waals surface area contributed by atoms with Gasteiger partial charge in [-0.05, 0) is 23.8 Å². The number of nitrogens with zero attached hydrogens (tertiary/aromatic N) is 5. The second kappa shape index (κ2) is 8.11. The van der Waals surface area contributed by atoms with Gasteiger partial charge < -0.3 is 15.1 Å². The van der Waals surface area contributed by atoms with Crippen LogP contribution < -0.4 is 10.6 Å². The average Bonchev–Trinajstić information content (AvgIpc) is 3.36. The third kappa shape index (κ3) is 4.41. The summed E-state index contributed by atoms with van der Waals surface area (Å²) >= 11 is 5.95. The number of hydrogen-bond donors (Lipinski definition) is 2. The van der Waals surface area contributed by atoms with Crippen molar-refractivity contribution in [3.05, 3.63) is 71.5 Å². The summed E-state index contributed by atoms with van der Waals surface area (Å²) < 4.78 is 6.97. The van der Waals surface area contributed by atoms with Crippen LogP contribution in [0.5, 0.6) is 0 Å². The lowest BCUT2D eigenvalue weighted by atomic mass is 10.2. The lowest BCUT2D eigenvalue weighted by Gasteiger charge is -2.05. The molecule has 4 aromatic rings. The Morgan fingerprint density at radius 3 is 2.86 bits per heavy atom. The van der Waals surface area contributed by atoms with Gasteiger partial charge in [0.25, 0.3) is 5.89 Å². The van der Waals surface area contributed by atoms with Gasteiger partial charge in [0.15, 0.2) is 0 Å². The number of oxazole rings is 1. The second-order valence-corrected chi connectivity index (χ2v) is 6.52. The van der Waals surface area contributed by atoms with Gasteiger partial charge >= 0.3 is 5.91 Å². The van der Waals surface area contributed by atoms with Crippen molar-refractivity contribution in [3.63, 3.8) is 0 Å². The van der Waals surface area contributed by atoms with E-state index in [1.165, 1.54) is 6.26 Å². The first-order valence-electron chi connectivity index (χ1n) is 8.65. The Balaban J connectivity index is 1.45. The Morgan fingerprint density at radius 2 is 2.07 bits per heavy atom.